The van der Waals surface area contributed by atoms with E-state index in [1.807, 2.05) is 6.92 Å². The third-order valence-corrected chi connectivity index (χ3v) is 7.07. The van der Waals surface area contributed by atoms with Gasteiger partial charge >= 0.3 is 5.97 Å². The molecule has 0 unspecified atom stereocenters. The predicted octanol–water partition coefficient (Wildman–Crippen LogP) is 4.06. The van der Waals surface area contributed by atoms with Gasteiger partial charge in [-0.1, -0.05) is 18.4 Å². The van der Waals surface area contributed by atoms with Crippen LogP contribution in [0.5, 0.6) is 0 Å². The number of hydrogen-bond acceptors (Lipinski definition) is 3. The number of esters is 1. The van der Waals surface area contributed by atoms with E-state index in [0.29, 0.717) is 25.7 Å². The second-order valence-electron chi connectivity index (χ2n) is 8.03. The van der Waals surface area contributed by atoms with Gasteiger partial charge in [-0.2, -0.15) is 0 Å². The minimum Gasteiger partial charge on any atom is -0.445 e. The van der Waals surface area contributed by atoms with Gasteiger partial charge in [-0.25, -0.2) is 0 Å². The third kappa shape index (κ3) is 2.33. The average molecular weight is 346 g/mol. The average Bonchev–Trinajstić information content (AvgIpc) is 2.91. The van der Waals surface area contributed by atoms with E-state index in [2.05, 4.69) is 5.92 Å². The first-order valence-corrected chi connectivity index (χ1v) is 9.09. The Morgan fingerprint density at radius 3 is 2.88 bits per heavy atom. The fraction of sp³-hybridized carbons (Fsp3) is 0.727. The third-order valence-electron chi connectivity index (χ3n) is 7.07. The maximum absolute atomic E-state index is 12.4. The molecule has 0 spiro atoms. The summed E-state index contributed by atoms with van der Waals surface area (Å²) < 4.78 is 56.9. The molecule has 0 aromatic heterocycles. The van der Waals surface area contributed by atoms with Gasteiger partial charge in [0.2, 0.25) is 0 Å². The van der Waals surface area contributed by atoms with Gasteiger partial charge in [-0.3, -0.25) is 9.59 Å². The zero-order valence-electron chi connectivity index (χ0n) is 20.8. The van der Waals surface area contributed by atoms with Crippen molar-refractivity contribution in [1.82, 2.24) is 0 Å². The summed E-state index contributed by atoms with van der Waals surface area (Å²) in [5.74, 6) is -1.19. The van der Waals surface area contributed by atoms with Crippen molar-refractivity contribution >= 4 is 11.8 Å². The molecule has 4 rings (SSSR count). The second-order valence-corrected chi connectivity index (χ2v) is 8.03. The molecule has 0 aliphatic heterocycles. The van der Waals surface area contributed by atoms with E-state index in [0.717, 1.165) is 0 Å². The number of hydrogen-bond donors (Lipinski definition) is 0. The highest BCUT2D eigenvalue weighted by molar-refractivity contribution is 5.91. The summed E-state index contributed by atoms with van der Waals surface area (Å²) in [6, 6.07) is -0.674. The van der Waals surface area contributed by atoms with Crippen molar-refractivity contribution in [1.29, 1.82) is 0 Å². The van der Waals surface area contributed by atoms with Crippen LogP contribution in [0.4, 0.5) is 0 Å². The van der Waals surface area contributed by atoms with Crippen molar-refractivity contribution in [2.75, 3.05) is 0 Å². The Kier molecular flexibility index (Phi) is 2.57. The molecule has 0 aromatic rings. The van der Waals surface area contributed by atoms with Crippen LogP contribution in [0.3, 0.4) is 0 Å². The van der Waals surface area contributed by atoms with Crippen molar-refractivity contribution in [2.45, 2.75) is 70.7 Å². The molecular weight excluding hydrogens is 312 g/mol. The van der Waals surface area contributed by atoms with Crippen LogP contribution in [0, 0.1) is 41.4 Å². The van der Waals surface area contributed by atoms with E-state index in [1.165, 1.54) is 6.92 Å². The van der Waals surface area contributed by atoms with Crippen LogP contribution in [0.25, 0.3) is 0 Å². The van der Waals surface area contributed by atoms with Gasteiger partial charge in [-0.15, -0.1) is 6.42 Å². The van der Waals surface area contributed by atoms with E-state index in [-0.39, 0.29) is 29.7 Å². The van der Waals surface area contributed by atoms with E-state index >= 15 is 0 Å². The monoisotopic (exact) mass is 346 g/mol. The van der Waals surface area contributed by atoms with Gasteiger partial charge in [0.15, 0.2) is 11.4 Å². The smallest absolute Gasteiger partial charge is 0.304 e. The predicted molar refractivity (Wildman–Crippen MR) is 95.4 cm³/mol. The molecule has 4 aliphatic carbocycles. The molecule has 3 saturated carbocycles. The molecule has 134 valence electrons. The first-order chi connectivity index (χ1) is 14.2. The maximum atomic E-state index is 12.4. The highest BCUT2D eigenvalue weighted by atomic mass is 16.6. The molecule has 0 amide bonds. The van der Waals surface area contributed by atoms with E-state index in [4.69, 9.17) is 18.0 Å². The highest BCUT2D eigenvalue weighted by Crippen LogP contribution is 2.65. The SMILES string of the molecule is [2H]C1=C2C([2H])([2H])C[C@@H]3[C@H](CC[C@@]4(C)[C@H]3CC[C@]4(C#C)OC(C)=O)[C@@]2([2H])CC([2H])([2H])C1=O. The summed E-state index contributed by atoms with van der Waals surface area (Å²) in [6.07, 6.45) is 3.18. The molecule has 0 aromatic carbocycles. The normalized spacial score (nSPS) is 56.4. The van der Waals surface area contributed by atoms with Gasteiger partial charge in [0.25, 0.3) is 0 Å². The number of allylic oxidation sites excluding steroid dienone is 1. The molecule has 0 N–H and O–H groups in total. The van der Waals surface area contributed by atoms with Crippen molar-refractivity contribution in [3.63, 3.8) is 0 Å². The Bertz CT molecular complexity index is 936. The largest absolute Gasteiger partial charge is 0.445 e. The summed E-state index contributed by atoms with van der Waals surface area (Å²) in [4.78, 5) is 24.2. The number of fused-ring (bicyclic) bond motifs is 5. The molecule has 3 fully saturated rings. The van der Waals surface area contributed by atoms with E-state index in [9.17, 15) is 11.0 Å². The number of ketones is 1. The topological polar surface area (TPSA) is 43.4 Å². The summed E-state index contributed by atoms with van der Waals surface area (Å²) in [5.41, 5.74) is -1.81. The minimum absolute atomic E-state index is 0.0489. The first kappa shape index (κ1) is 11.2. The molecule has 4 aliphatic rings. The number of carbonyl (C=O) groups is 2. The van der Waals surface area contributed by atoms with E-state index in [1.54, 1.807) is 0 Å². The molecule has 0 bridgehead atoms. The summed E-state index contributed by atoms with van der Waals surface area (Å²) in [5, 5.41) is 0. The molecule has 0 saturated heterocycles. The molecule has 25 heavy (non-hydrogen) atoms. The summed E-state index contributed by atoms with van der Waals surface area (Å²) >= 11 is 0. The van der Waals surface area contributed by atoms with E-state index < -0.39 is 53.9 Å². The zero-order chi connectivity index (χ0) is 23.2. The van der Waals surface area contributed by atoms with Crippen LogP contribution in [-0.4, -0.2) is 17.4 Å². The lowest BCUT2D eigenvalue weighted by Gasteiger charge is -2.55. The van der Waals surface area contributed by atoms with Crippen LogP contribution in [0.15, 0.2) is 11.6 Å². The fourth-order valence-electron chi connectivity index (χ4n) is 5.88. The van der Waals surface area contributed by atoms with Gasteiger partial charge < -0.3 is 4.74 Å². The highest BCUT2D eigenvalue weighted by Gasteiger charge is 2.64. The molecular formula is C22H28O3. The quantitative estimate of drug-likeness (QED) is 0.531. The Hall–Kier alpha value is -1.56. The summed E-state index contributed by atoms with van der Waals surface area (Å²) in [7, 11) is 0. The minimum atomic E-state index is -2.36. The lowest BCUT2D eigenvalue weighted by Crippen LogP contribution is -2.53. The second kappa shape index (κ2) is 5.73. The van der Waals surface area contributed by atoms with Crippen LogP contribution in [-0.2, 0) is 14.3 Å². The lowest BCUT2D eigenvalue weighted by atomic mass is 9.50. The number of carbonyl (C=O) groups excluding carboxylic acids is 2. The standard InChI is InChI=1S/C22H28O3/c1-4-22(25-14(2)23)12-10-20-19-7-5-15-13-16(24)6-8-17(15)18(19)9-11-21(20,22)3/h1,13,17-20H,5-12H2,2-3H3/t17-,18+,19+,20-,21-,22-/m0/s1/i5D2,6D2,13D,17D. The van der Waals surface area contributed by atoms with Gasteiger partial charge in [0, 0.05) is 25.6 Å². The molecule has 0 heterocycles. The van der Waals surface area contributed by atoms with Crippen molar-refractivity contribution in [3.8, 4) is 12.3 Å². The van der Waals surface area contributed by atoms with Crippen LogP contribution >= 0.6 is 0 Å². The molecule has 0 radical (unpaired) electrons. The van der Waals surface area contributed by atoms with Crippen molar-refractivity contribution in [3.05, 3.63) is 11.6 Å². The van der Waals surface area contributed by atoms with Crippen molar-refractivity contribution < 1.29 is 22.6 Å². The number of terminal acetylenes is 1. The first-order valence-electron chi connectivity index (χ1n) is 12.1. The van der Waals surface area contributed by atoms with Crippen LogP contribution in [0.1, 0.15) is 73.3 Å². The van der Waals surface area contributed by atoms with Crippen LogP contribution < -0.4 is 0 Å². The Labute approximate surface area is 159 Å². The van der Waals surface area contributed by atoms with Crippen LogP contribution in [0.2, 0.25) is 0 Å². The zero-order valence-corrected chi connectivity index (χ0v) is 14.8. The number of rotatable bonds is 1. The van der Waals surface area contributed by atoms with Gasteiger partial charge in [0.1, 0.15) is 0 Å². The summed E-state index contributed by atoms with van der Waals surface area (Å²) in [6.45, 7) is 3.31. The van der Waals surface area contributed by atoms with Crippen molar-refractivity contribution in [2.24, 2.45) is 29.1 Å². The molecule has 3 heteroatoms. The number of ether oxygens (including phenoxy) is 1. The Morgan fingerprint density at radius 1 is 1.36 bits per heavy atom. The Morgan fingerprint density at radius 2 is 2.16 bits per heavy atom. The maximum Gasteiger partial charge on any atom is 0.304 e. The fourth-order valence-corrected chi connectivity index (χ4v) is 5.88. The lowest BCUT2D eigenvalue weighted by molar-refractivity contribution is -0.167. The Balaban J connectivity index is 1.82. The molecule has 3 nitrogen and oxygen atoms in total. The van der Waals surface area contributed by atoms with Gasteiger partial charge in [-0.05, 0) is 74.6 Å². The molecule has 6 atom stereocenters. The van der Waals surface area contributed by atoms with Gasteiger partial charge in [0.05, 0.1) is 1.37 Å².